The Bertz CT molecular complexity index is 696. The van der Waals surface area contributed by atoms with Gasteiger partial charge in [-0.15, -0.1) is 0 Å². The van der Waals surface area contributed by atoms with Gasteiger partial charge in [0.2, 0.25) is 0 Å². The molecular weight excluding hydrogens is 290 g/mol. The molecule has 0 saturated carbocycles. The van der Waals surface area contributed by atoms with E-state index in [4.69, 9.17) is 4.74 Å². The van der Waals surface area contributed by atoms with Crippen LogP contribution in [0, 0.1) is 10.1 Å². The highest BCUT2D eigenvalue weighted by Gasteiger charge is 2.09. The van der Waals surface area contributed by atoms with Crippen molar-refractivity contribution < 1.29 is 24.7 Å². The summed E-state index contributed by atoms with van der Waals surface area (Å²) in [7, 11) is 0. The van der Waals surface area contributed by atoms with Gasteiger partial charge in [0.25, 0.3) is 5.69 Å². The third kappa shape index (κ3) is 3.95. The highest BCUT2D eigenvalue weighted by atomic mass is 16.6. The lowest BCUT2D eigenvalue weighted by molar-refractivity contribution is -0.384. The Balaban J connectivity index is 1.89. The largest absolute Gasteiger partial charge is 0.504 e. The summed E-state index contributed by atoms with van der Waals surface area (Å²) in [5.74, 6) is -1.08. The molecule has 0 bridgehead atoms. The number of nitro groups is 1. The van der Waals surface area contributed by atoms with E-state index in [1.807, 2.05) is 0 Å². The molecule has 0 fully saturated rings. The highest BCUT2D eigenvalue weighted by Crippen LogP contribution is 2.25. The number of carbonyl (C=O) groups is 1. The minimum Gasteiger partial charge on any atom is -0.504 e. The fraction of sp³-hybridized carbons (Fsp3) is 0.133. The minimum atomic E-state index is -0.511. The van der Waals surface area contributed by atoms with Gasteiger partial charge in [-0.1, -0.05) is 6.07 Å². The van der Waals surface area contributed by atoms with Crippen molar-refractivity contribution in [2.24, 2.45) is 0 Å². The molecule has 2 aromatic carbocycles. The molecule has 2 aromatic rings. The summed E-state index contributed by atoms with van der Waals surface area (Å²) in [6.07, 6.45) is -0.0547. The maximum absolute atomic E-state index is 11.7. The van der Waals surface area contributed by atoms with Crippen LogP contribution >= 0.6 is 0 Å². The van der Waals surface area contributed by atoms with Gasteiger partial charge in [-0.05, 0) is 35.4 Å². The summed E-state index contributed by atoms with van der Waals surface area (Å²) in [4.78, 5) is 21.7. The molecule has 0 saturated heterocycles. The predicted octanol–water partition coefficient (Wildman–Crippen LogP) is 2.29. The highest BCUT2D eigenvalue weighted by molar-refractivity contribution is 5.73. The third-order valence-corrected chi connectivity index (χ3v) is 2.94. The molecule has 0 atom stereocenters. The molecule has 0 heterocycles. The van der Waals surface area contributed by atoms with Gasteiger partial charge in [0.1, 0.15) is 6.61 Å². The lowest BCUT2D eigenvalue weighted by Crippen LogP contribution is -2.08. The van der Waals surface area contributed by atoms with Crippen molar-refractivity contribution >= 4 is 11.7 Å². The molecule has 0 radical (unpaired) electrons. The van der Waals surface area contributed by atoms with Gasteiger partial charge in [0.05, 0.1) is 11.3 Å². The van der Waals surface area contributed by atoms with Crippen LogP contribution in [-0.2, 0) is 22.6 Å². The molecule has 0 spiro atoms. The van der Waals surface area contributed by atoms with Crippen molar-refractivity contribution in [3.05, 3.63) is 63.7 Å². The van der Waals surface area contributed by atoms with Crippen LogP contribution in [0.5, 0.6) is 11.5 Å². The number of hydrogen-bond acceptors (Lipinski definition) is 6. The van der Waals surface area contributed by atoms with Crippen LogP contribution in [0.1, 0.15) is 11.1 Å². The van der Waals surface area contributed by atoms with Gasteiger partial charge >= 0.3 is 5.97 Å². The fourth-order valence-corrected chi connectivity index (χ4v) is 1.77. The minimum absolute atomic E-state index is 0.000886. The van der Waals surface area contributed by atoms with Crippen molar-refractivity contribution in [3.63, 3.8) is 0 Å². The second-order valence-electron chi connectivity index (χ2n) is 4.58. The number of esters is 1. The maximum Gasteiger partial charge on any atom is 0.310 e. The molecule has 114 valence electrons. The molecular formula is C15H13NO6. The average Bonchev–Trinajstić information content (AvgIpc) is 2.49. The first kappa shape index (κ1) is 15.3. The SMILES string of the molecule is O=C(Cc1ccc(O)c(O)c1)OCc1ccc([N+](=O)[O-])cc1. The van der Waals surface area contributed by atoms with Crippen molar-refractivity contribution in [3.8, 4) is 11.5 Å². The second-order valence-corrected chi connectivity index (χ2v) is 4.58. The molecule has 0 aliphatic heterocycles. The van der Waals surface area contributed by atoms with E-state index in [1.165, 1.54) is 42.5 Å². The molecule has 22 heavy (non-hydrogen) atoms. The van der Waals surface area contributed by atoms with E-state index in [2.05, 4.69) is 0 Å². The monoisotopic (exact) mass is 303 g/mol. The maximum atomic E-state index is 11.7. The molecule has 7 heteroatoms. The first-order chi connectivity index (χ1) is 10.5. The molecule has 0 amide bonds. The van der Waals surface area contributed by atoms with Gasteiger partial charge in [-0.3, -0.25) is 14.9 Å². The Morgan fingerprint density at radius 1 is 1.05 bits per heavy atom. The summed E-state index contributed by atoms with van der Waals surface area (Å²) in [6.45, 7) is 0.000886. The first-order valence-electron chi connectivity index (χ1n) is 6.35. The lowest BCUT2D eigenvalue weighted by Gasteiger charge is -2.06. The van der Waals surface area contributed by atoms with Crippen molar-refractivity contribution in [2.45, 2.75) is 13.0 Å². The van der Waals surface area contributed by atoms with Crippen molar-refractivity contribution in [2.75, 3.05) is 0 Å². The van der Waals surface area contributed by atoms with Gasteiger partial charge in [0, 0.05) is 12.1 Å². The van der Waals surface area contributed by atoms with E-state index in [-0.39, 0.29) is 30.2 Å². The normalized spacial score (nSPS) is 10.2. The van der Waals surface area contributed by atoms with Gasteiger partial charge in [-0.2, -0.15) is 0 Å². The fourth-order valence-electron chi connectivity index (χ4n) is 1.77. The molecule has 0 aromatic heterocycles. The van der Waals surface area contributed by atoms with E-state index in [0.717, 1.165) is 0 Å². The number of rotatable bonds is 5. The molecule has 0 aliphatic rings. The Morgan fingerprint density at radius 2 is 1.68 bits per heavy atom. The number of non-ortho nitro benzene ring substituents is 1. The number of phenolic OH excluding ortho intramolecular Hbond substituents is 2. The van der Waals surface area contributed by atoms with Crippen molar-refractivity contribution in [1.82, 2.24) is 0 Å². The zero-order valence-electron chi connectivity index (χ0n) is 11.4. The summed E-state index contributed by atoms with van der Waals surface area (Å²) in [5.41, 5.74) is 1.10. The number of ether oxygens (including phenoxy) is 1. The number of phenols is 2. The smallest absolute Gasteiger partial charge is 0.310 e. The summed E-state index contributed by atoms with van der Waals surface area (Å²) >= 11 is 0. The number of hydrogen-bond donors (Lipinski definition) is 2. The zero-order chi connectivity index (χ0) is 16.1. The number of nitrogens with zero attached hydrogens (tertiary/aromatic N) is 1. The van der Waals surface area contributed by atoms with E-state index in [9.17, 15) is 25.1 Å². The number of benzene rings is 2. The third-order valence-electron chi connectivity index (χ3n) is 2.94. The van der Waals surface area contributed by atoms with Crippen LogP contribution in [0.25, 0.3) is 0 Å². The Kier molecular flexibility index (Phi) is 4.57. The van der Waals surface area contributed by atoms with Crippen LogP contribution in [-0.4, -0.2) is 21.1 Å². The lowest BCUT2D eigenvalue weighted by atomic mass is 10.1. The number of carbonyl (C=O) groups excluding carboxylic acids is 1. The predicted molar refractivity (Wildman–Crippen MR) is 76.4 cm³/mol. The van der Waals surface area contributed by atoms with Gasteiger partial charge in [0.15, 0.2) is 11.5 Å². The Labute approximate surface area is 125 Å². The Hall–Kier alpha value is -3.09. The quantitative estimate of drug-likeness (QED) is 0.379. The van der Waals surface area contributed by atoms with Gasteiger partial charge < -0.3 is 14.9 Å². The van der Waals surface area contributed by atoms with E-state index < -0.39 is 10.9 Å². The standard InChI is InChI=1S/C15H13NO6/c17-13-6-3-11(7-14(13)18)8-15(19)22-9-10-1-4-12(5-2-10)16(20)21/h1-7,17-18H,8-9H2. The van der Waals surface area contributed by atoms with Crippen molar-refractivity contribution in [1.29, 1.82) is 0 Å². The van der Waals surface area contributed by atoms with Crippen LogP contribution in [0.2, 0.25) is 0 Å². The zero-order valence-corrected chi connectivity index (χ0v) is 11.4. The van der Waals surface area contributed by atoms with E-state index in [0.29, 0.717) is 11.1 Å². The molecule has 0 unspecified atom stereocenters. The van der Waals surface area contributed by atoms with E-state index in [1.54, 1.807) is 0 Å². The van der Waals surface area contributed by atoms with Crippen LogP contribution in [0.15, 0.2) is 42.5 Å². The molecule has 2 N–H and O–H groups in total. The molecule has 2 rings (SSSR count). The summed E-state index contributed by atoms with van der Waals surface area (Å²) in [5, 5.41) is 29.0. The van der Waals surface area contributed by atoms with Gasteiger partial charge in [-0.25, -0.2) is 0 Å². The van der Waals surface area contributed by atoms with Crippen LogP contribution < -0.4 is 0 Å². The summed E-state index contributed by atoms with van der Waals surface area (Å²) < 4.78 is 5.05. The van der Waals surface area contributed by atoms with E-state index >= 15 is 0 Å². The summed E-state index contributed by atoms with van der Waals surface area (Å²) in [6, 6.07) is 9.76. The number of aromatic hydroxyl groups is 2. The Morgan fingerprint density at radius 3 is 2.27 bits per heavy atom. The van der Waals surface area contributed by atoms with Crippen LogP contribution in [0.3, 0.4) is 0 Å². The first-order valence-corrected chi connectivity index (χ1v) is 6.35. The molecule has 7 nitrogen and oxygen atoms in total. The van der Waals surface area contributed by atoms with Crippen LogP contribution in [0.4, 0.5) is 5.69 Å². The average molecular weight is 303 g/mol. The number of nitro benzene ring substituents is 1. The second kappa shape index (κ2) is 6.57. The molecule has 0 aliphatic carbocycles. The topological polar surface area (TPSA) is 110 Å².